The van der Waals surface area contributed by atoms with Crippen molar-refractivity contribution in [2.24, 2.45) is 0 Å². The SMILES string of the molecule is CN(C)CCNC(=O)c1ccc(S(=O)(=O)Cc2c(O[C@H](Cn3ccnc3)c3ccccc3)ccc3c2CCCC3=O)cc1. The second-order valence-electron chi connectivity index (χ2n) is 11.0. The van der Waals surface area contributed by atoms with E-state index in [1.807, 2.05) is 60.1 Å². The highest BCUT2D eigenvalue weighted by molar-refractivity contribution is 7.90. The van der Waals surface area contributed by atoms with Crippen LogP contribution in [0, 0.1) is 0 Å². The summed E-state index contributed by atoms with van der Waals surface area (Å²) in [7, 11) is -0.0122. The van der Waals surface area contributed by atoms with E-state index in [4.69, 9.17) is 4.74 Å². The van der Waals surface area contributed by atoms with Gasteiger partial charge in [0.05, 0.1) is 23.5 Å². The molecule has 0 spiro atoms. The number of hydrogen-bond donors (Lipinski definition) is 1. The van der Waals surface area contributed by atoms with Crippen molar-refractivity contribution in [3.05, 3.63) is 113 Å². The molecule has 4 aromatic rings. The number of hydrogen-bond acceptors (Lipinski definition) is 7. The molecule has 10 heteroatoms. The normalized spacial score (nSPS) is 13.9. The first kappa shape index (κ1) is 30.2. The van der Waals surface area contributed by atoms with Gasteiger partial charge in [-0.2, -0.15) is 0 Å². The molecule has 9 nitrogen and oxygen atoms in total. The van der Waals surface area contributed by atoms with E-state index in [0.29, 0.717) is 61.3 Å². The summed E-state index contributed by atoms with van der Waals surface area (Å²) >= 11 is 0. The van der Waals surface area contributed by atoms with Crippen molar-refractivity contribution in [3.63, 3.8) is 0 Å². The Hall–Kier alpha value is -4.28. The fraction of sp³-hybridized carbons (Fsp3) is 0.303. The molecule has 0 saturated carbocycles. The Bertz CT molecular complexity index is 1670. The zero-order valence-electron chi connectivity index (χ0n) is 24.4. The van der Waals surface area contributed by atoms with Crippen LogP contribution in [-0.4, -0.2) is 61.7 Å². The van der Waals surface area contributed by atoms with Crippen molar-refractivity contribution in [2.75, 3.05) is 27.2 Å². The van der Waals surface area contributed by atoms with Gasteiger partial charge in [-0.05, 0) is 74.5 Å². The van der Waals surface area contributed by atoms with Crippen LogP contribution in [-0.2, 0) is 28.6 Å². The first-order chi connectivity index (χ1) is 20.7. The molecule has 0 aliphatic heterocycles. The third kappa shape index (κ3) is 7.39. The van der Waals surface area contributed by atoms with Crippen LogP contribution >= 0.6 is 0 Å². The zero-order valence-corrected chi connectivity index (χ0v) is 25.2. The molecule has 0 bridgehead atoms. The van der Waals surface area contributed by atoms with Gasteiger partial charge in [-0.3, -0.25) is 9.59 Å². The zero-order chi connectivity index (χ0) is 30.4. The number of benzene rings is 3. The molecule has 0 fully saturated rings. The molecule has 5 rings (SSSR count). The molecule has 1 amide bonds. The number of amides is 1. The fourth-order valence-electron chi connectivity index (χ4n) is 5.25. The molecule has 43 heavy (non-hydrogen) atoms. The quantitative estimate of drug-likeness (QED) is 0.255. The van der Waals surface area contributed by atoms with E-state index in [-0.39, 0.29) is 22.3 Å². The van der Waals surface area contributed by atoms with Crippen molar-refractivity contribution in [2.45, 2.75) is 42.6 Å². The molecule has 1 heterocycles. The highest BCUT2D eigenvalue weighted by Gasteiger charge is 2.28. The maximum atomic E-state index is 13.8. The number of rotatable bonds is 12. The summed E-state index contributed by atoms with van der Waals surface area (Å²) < 4.78 is 36.1. The maximum Gasteiger partial charge on any atom is 0.251 e. The number of ether oxygens (including phenoxy) is 1. The van der Waals surface area contributed by atoms with Crippen LogP contribution in [0.5, 0.6) is 5.75 Å². The summed E-state index contributed by atoms with van der Waals surface area (Å²) in [6.45, 7) is 1.64. The minimum Gasteiger partial charge on any atom is -0.484 e. The lowest BCUT2D eigenvalue weighted by Crippen LogP contribution is -2.31. The fourth-order valence-corrected chi connectivity index (χ4v) is 6.66. The molecule has 0 saturated heterocycles. The molecule has 1 atom stereocenters. The lowest BCUT2D eigenvalue weighted by atomic mass is 9.87. The van der Waals surface area contributed by atoms with Gasteiger partial charge >= 0.3 is 0 Å². The molecule has 0 radical (unpaired) electrons. The van der Waals surface area contributed by atoms with E-state index < -0.39 is 15.9 Å². The molecule has 3 aromatic carbocycles. The van der Waals surface area contributed by atoms with Gasteiger partial charge in [-0.25, -0.2) is 13.4 Å². The average Bonchev–Trinajstić information content (AvgIpc) is 3.51. The van der Waals surface area contributed by atoms with Crippen LogP contribution in [0.1, 0.15) is 56.4 Å². The first-order valence-corrected chi connectivity index (χ1v) is 16.0. The lowest BCUT2D eigenvalue weighted by molar-refractivity contribution is 0.0948. The molecule has 1 aromatic heterocycles. The molecule has 224 valence electrons. The summed E-state index contributed by atoms with van der Waals surface area (Å²) in [6.07, 6.45) is 6.50. The Morgan fingerprint density at radius 1 is 1.05 bits per heavy atom. The number of aromatic nitrogens is 2. The van der Waals surface area contributed by atoms with Crippen molar-refractivity contribution in [1.82, 2.24) is 19.8 Å². The topological polar surface area (TPSA) is 111 Å². The Kier molecular flexibility index (Phi) is 9.37. The summed E-state index contributed by atoms with van der Waals surface area (Å²) in [5.74, 6) is -0.154. The number of sulfone groups is 1. The number of nitrogens with zero attached hydrogens (tertiary/aromatic N) is 3. The number of imidazole rings is 1. The monoisotopic (exact) mass is 600 g/mol. The number of likely N-dealkylation sites (N-methyl/N-ethyl adjacent to an activating group) is 1. The Balaban J connectivity index is 1.46. The van der Waals surface area contributed by atoms with Gasteiger partial charge in [0.1, 0.15) is 11.9 Å². The number of fused-ring (bicyclic) bond motifs is 1. The van der Waals surface area contributed by atoms with E-state index in [2.05, 4.69) is 10.3 Å². The van der Waals surface area contributed by atoms with Gasteiger partial charge < -0.3 is 19.5 Å². The van der Waals surface area contributed by atoms with Crippen LogP contribution in [0.15, 0.2) is 90.3 Å². The summed E-state index contributed by atoms with van der Waals surface area (Å²) in [4.78, 5) is 31.5. The second-order valence-corrected chi connectivity index (χ2v) is 13.0. The molecular formula is C33H36N4O5S. The van der Waals surface area contributed by atoms with Crippen molar-refractivity contribution < 1.29 is 22.7 Å². The Morgan fingerprint density at radius 2 is 1.81 bits per heavy atom. The first-order valence-electron chi connectivity index (χ1n) is 14.3. The number of carbonyl (C=O) groups is 2. The highest BCUT2D eigenvalue weighted by atomic mass is 32.2. The molecule has 1 N–H and O–H groups in total. The lowest BCUT2D eigenvalue weighted by Gasteiger charge is -2.25. The van der Waals surface area contributed by atoms with Crippen molar-refractivity contribution in [3.8, 4) is 5.75 Å². The van der Waals surface area contributed by atoms with Crippen LogP contribution < -0.4 is 10.1 Å². The molecule has 1 aliphatic carbocycles. The highest BCUT2D eigenvalue weighted by Crippen LogP contribution is 2.36. The van der Waals surface area contributed by atoms with Gasteiger partial charge in [0.15, 0.2) is 15.6 Å². The molecule has 0 unspecified atom stereocenters. The van der Waals surface area contributed by atoms with Gasteiger partial charge in [0, 0.05) is 48.6 Å². The van der Waals surface area contributed by atoms with Gasteiger partial charge in [-0.15, -0.1) is 0 Å². The second kappa shape index (κ2) is 13.4. The van der Waals surface area contributed by atoms with Crippen LogP contribution in [0.2, 0.25) is 0 Å². The average molecular weight is 601 g/mol. The third-order valence-corrected chi connectivity index (χ3v) is 9.21. The van der Waals surface area contributed by atoms with E-state index in [9.17, 15) is 18.0 Å². The van der Waals surface area contributed by atoms with E-state index in [1.54, 1.807) is 24.7 Å². The van der Waals surface area contributed by atoms with Gasteiger partial charge in [0.2, 0.25) is 0 Å². The Morgan fingerprint density at radius 3 is 2.51 bits per heavy atom. The van der Waals surface area contributed by atoms with E-state index >= 15 is 0 Å². The Labute approximate surface area is 252 Å². The third-order valence-electron chi connectivity index (χ3n) is 7.55. The summed E-state index contributed by atoms with van der Waals surface area (Å²) in [6, 6.07) is 19.2. The summed E-state index contributed by atoms with van der Waals surface area (Å²) in [5.41, 5.74) is 3.10. The predicted molar refractivity (Wildman–Crippen MR) is 164 cm³/mol. The minimum absolute atomic E-state index is 0.00843. The minimum atomic E-state index is -3.85. The number of carbonyl (C=O) groups excluding carboxylic acids is 2. The number of nitrogens with one attached hydrogen (secondary N) is 1. The summed E-state index contributed by atoms with van der Waals surface area (Å²) in [5, 5.41) is 2.84. The van der Waals surface area contributed by atoms with Gasteiger partial charge in [-0.1, -0.05) is 30.3 Å². The van der Waals surface area contributed by atoms with Crippen LogP contribution in [0.25, 0.3) is 0 Å². The van der Waals surface area contributed by atoms with Crippen LogP contribution in [0.4, 0.5) is 0 Å². The smallest absolute Gasteiger partial charge is 0.251 e. The van der Waals surface area contributed by atoms with Gasteiger partial charge in [0.25, 0.3) is 5.91 Å². The molecular weight excluding hydrogens is 564 g/mol. The van der Waals surface area contributed by atoms with Crippen molar-refractivity contribution in [1.29, 1.82) is 0 Å². The number of Topliss-reactive ketones (excluding diaryl/α,β-unsaturated/α-hetero) is 1. The van der Waals surface area contributed by atoms with E-state index in [1.165, 1.54) is 24.3 Å². The van der Waals surface area contributed by atoms with Crippen molar-refractivity contribution >= 4 is 21.5 Å². The molecule has 1 aliphatic rings. The largest absolute Gasteiger partial charge is 0.484 e. The standard InChI is InChI=1S/C33H36N4O5S/c1-36(2)19-18-35-33(39)25-11-13-26(14-12-25)43(40,41)22-29-27-9-6-10-30(38)28(27)15-16-31(29)42-32(21-37-20-17-34-23-37)24-7-4-3-5-8-24/h3-5,7-8,11-17,20,23,32H,6,9-10,18-19,21-22H2,1-2H3,(H,35,39)/t32-/m1/s1. The maximum absolute atomic E-state index is 13.8. The predicted octanol–water partition coefficient (Wildman–Crippen LogP) is 4.49. The number of ketones is 1. The van der Waals surface area contributed by atoms with Crippen LogP contribution in [0.3, 0.4) is 0 Å². The van der Waals surface area contributed by atoms with E-state index in [0.717, 1.165) is 11.1 Å².